The van der Waals surface area contributed by atoms with Crippen LogP contribution in [0.15, 0.2) is 24.3 Å². The highest BCUT2D eigenvalue weighted by Gasteiger charge is 2.42. The third-order valence-electron chi connectivity index (χ3n) is 3.81. The van der Waals surface area contributed by atoms with Crippen molar-refractivity contribution in [1.82, 2.24) is 9.44 Å². The Bertz CT molecular complexity index is 556. The predicted octanol–water partition coefficient (Wildman–Crippen LogP) is 2.08. The summed E-state index contributed by atoms with van der Waals surface area (Å²) in [6.07, 6.45) is 3.00. The molecule has 0 aliphatic heterocycles. The number of rotatable bonds is 9. The van der Waals surface area contributed by atoms with Gasteiger partial charge in [0.05, 0.1) is 0 Å². The summed E-state index contributed by atoms with van der Waals surface area (Å²) in [4.78, 5) is 0. The van der Waals surface area contributed by atoms with Gasteiger partial charge in [0, 0.05) is 31.8 Å². The van der Waals surface area contributed by atoms with E-state index in [1.54, 1.807) is 31.4 Å². The lowest BCUT2D eigenvalue weighted by molar-refractivity contribution is 0.173. The molecule has 0 heterocycles. The van der Waals surface area contributed by atoms with Crippen LogP contribution in [-0.4, -0.2) is 28.7 Å². The van der Waals surface area contributed by atoms with Crippen molar-refractivity contribution in [3.63, 3.8) is 0 Å². The highest BCUT2D eigenvalue weighted by Crippen LogP contribution is 2.48. The number of hydrogen-bond donors (Lipinski definition) is 2. The Labute approximate surface area is 131 Å². The van der Waals surface area contributed by atoms with Crippen LogP contribution >= 0.6 is 11.6 Å². The molecule has 7 heteroatoms. The number of halogens is 1. The van der Waals surface area contributed by atoms with E-state index in [4.69, 9.17) is 16.3 Å². The second-order valence-corrected chi connectivity index (χ2v) is 7.54. The molecule has 0 saturated heterocycles. The Morgan fingerprint density at radius 3 is 2.48 bits per heavy atom. The topological polar surface area (TPSA) is 67.4 Å². The second-order valence-electron chi connectivity index (χ2n) is 5.51. The summed E-state index contributed by atoms with van der Waals surface area (Å²) in [5.41, 5.74) is 0.954. The van der Waals surface area contributed by atoms with Crippen molar-refractivity contribution < 1.29 is 13.2 Å². The van der Waals surface area contributed by atoms with Gasteiger partial charge in [-0.25, -0.2) is 4.72 Å². The molecule has 0 spiro atoms. The van der Waals surface area contributed by atoms with Crippen molar-refractivity contribution >= 4 is 21.8 Å². The van der Waals surface area contributed by atoms with Crippen LogP contribution in [0.4, 0.5) is 0 Å². The maximum atomic E-state index is 11.9. The molecule has 0 bridgehead atoms. The van der Waals surface area contributed by atoms with E-state index in [2.05, 4.69) is 9.44 Å². The summed E-state index contributed by atoms with van der Waals surface area (Å²) in [6.45, 7) is 1.38. The van der Waals surface area contributed by atoms with E-state index in [9.17, 15) is 8.42 Å². The van der Waals surface area contributed by atoms with Crippen molar-refractivity contribution in [1.29, 1.82) is 0 Å². The molecule has 0 aromatic heterocycles. The standard InChI is InChI=1S/C14H21ClN2O3S/c1-20-9-8-14(6-7-14)11-17-21(18,19)16-10-12-2-4-13(15)5-3-12/h2-5,16-17H,6-11H2,1H3. The molecule has 21 heavy (non-hydrogen) atoms. The van der Waals surface area contributed by atoms with Crippen LogP contribution in [0.3, 0.4) is 0 Å². The van der Waals surface area contributed by atoms with Crippen LogP contribution in [0, 0.1) is 5.41 Å². The lowest BCUT2D eigenvalue weighted by Gasteiger charge is -2.16. The van der Waals surface area contributed by atoms with E-state index in [0.717, 1.165) is 24.8 Å². The summed E-state index contributed by atoms with van der Waals surface area (Å²) in [6, 6.07) is 7.07. The molecule has 0 radical (unpaired) electrons. The van der Waals surface area contributed by atoms with Crippen LogP contribution in [-0.2, 0) is 21.5 Å². The molecule has 0 unspecified atom stereocenters. The lowest BCUT2D eigenvalue weighted by Crippen LogP contribution is -2.39. The van der Waals surface area contributed by atoms with Crippen molar-refractivity contribution in [2.45, 2.75) is 25.8 Å². The third-order valence-corrected chi connectivity index (χ3v) is 5.11. The summed E-state index contributed by atoms with van der Waals surface area (Å²) in [5, 5.41) is 0.633. The minimum absolute atomic E-state index is 0.0883. The molecular formula is C14H21ClN2O3S. The van der Waals surface area contributed by atoms with Gasteiger partial charge in [0.2, 0.25) is 0 Å². The zero-order chi connectivity index (χ0) is 15.3. The van der Waals surface area contributed by atoms with Gasteiger partial charge in [-0.3, -0.25) is 0 Å². The Balaban J connectivity index is 1.78. The van der Waals surface area contributed by atoms with Crippen LogP contribution in [0.5, 0.6) is 0 Å². The van der Waals surface area contributed by atoms with Crippen molar-refractivity contribution in [3.05, 3.63) is 34.9 Å². The fourth-order valence-corrected chi connectivity index (χ4v) is 3.17. The van der Waals surface area contributed by atoms with E-state index in [1.807, 2.05) is 0 Å². The number of methoxy groups -OCH3 is 1. The molecular weight excluding hydrogens is 312 g/mol. The SMILES string of the molecule is COCCC1(CNS(=O)(=O)NCc2ccc(Cl)cc2)CC1. The first kappa shape index (κ1) is 16.7. The number of hydrogen-bond acceptors (Lipinski definition) is 3. The van der Waals surface area contributed by atoms with E-state index in [-0.39, 0.29) is 12.0 Å². The Morgan fingerprint density at radius 1 is 1.24 bits per heavy atom. The Kier molecular flexibility index (Phi) is 5.62. The van der Waals surface area contributed by atoms with Crippen molar-refractivity contribution in [2.75, 3.05) is 20.3 Å². The van der Waals surface area contributed by atoms with Gasteiger partial charge in [-0.15, -0.1) is 0 Å². The van der Waals surface area contributed by atoms with Crippen LogP contribution in [0.1, 0.15) is 24.8 Å². The Morgan fingerprint density at radius 2 is 1.90 bits per heavy atom. The van der Waals surface area contributed by atoms with Gasteiger partial charge in [0.15, 0.2) is 0 Å². The van der Waals surface area contributed by atoms with E-state index < -0.39 is 10.2 Å². The summed E-state index contributed by atoms with van der Waals surface area (Å²) in [7, 11) is -1.82. The molecule has 0 atom stereocenters. The highest BCUT2D eigenvalue weighted by atomic mass is 35.5. The molecule has 5 nitrogen and oxygen atoms in total. The average molecular weight is 333 g/mol. The fraction of sp³-hybridized carbons (Fsp3) is 0.571. The molecule has 2 N–H and O–H groups in total. The minimum atomic E-state index is -3.48. The van der Waals surface area contributed by atoms with Gasteiger partial charge in [0.1, 0.15) is 0 Å². The van der Waals surface area contributed by atoms with Gasteiger partial charge in [0.25, 0.3) is 10.2 Å². The minimum Gasteiger partial charge on any atom is -0.385 e. The average Bonchev–Trinajstić information content (AvgIpc) is 3.23. The Hall–Kier alpha value is -0.660. The molecule has 1 saturated carbocycles. The quantitative estimate of drug-likeness (QED) is 0.727. The van der Waals surface area contributed by atoms with Gasteiger partial charge in [-0.05, 0) is 42.4 Å². The molecule has 0 amide bonds. The second kappa shape index (κ2) is 7.07. The molecule has 1 aliphatic carbocycles. The first-order valence-corrected chi connectivity index (χ1v) is 8.78. The maximum Gasteiger partial charge on any atom is 0.277 e. The van der Waals surface area contributed by atoms with E-state index >= 15 is 0 Å². The first-order chi connectivity index (χ1) is 9.95. The van der Waals surface area contributed by atoms with Crippen molar-refractivity contribution in [2.24, 2.45) is 5.41 Å². The molecule has 1 aliphatic rings. The van der Waals surface area contributed by atoms with Crippen LogP contribution < -0.4 is 9.44 Å². The smallest absolute Gasteiger partial charge is 0.277 e. The largest absolute Gasteiger partial charge is 0.385 e. The van der Waals surface area contributed by atoms with E-state index in [1.165, 1.54) is 0 Å². The molecule has 1 fully saturated rings. The zero-order valence-corrected chi connectivity index (χ0v) is 13.6. The maximum absolute atomic E-state index is 11.9. The first-order valence-electron chi connectivity index (χ1n) is 6.92. The summed E-state index contributed by atoms with van der Waals surface area (Å²) < 4.78 is 34.1. The normalized spacial score (nSPS) is 16.9. The molecule has 1 aromatic carbocycles. The van der Waals surface area contributed by atoms with Gasteiger partial charge in [-0.1, -0.05) is 23.7 Å². The third kappa shape index (κ3) is 5.56. The fourth-order valence-electron chi connectivity index (χ4n) is 2.09. The van der Waals surface area contributed by atoms with E-state index in [0.29, 0.717) is 18.2 Å². The lowest BCUT2D eigenvalue weighted by atomic mass is 10.0. The van der Waals surface area contributed by atoms with Gasteiger partial charge >= 0.3 is 0 Å². The number of nitrogens with one attached hydrogen (secondary N) is 2. The predicted molar refractivity (Wildman–Crippen MR) is 83.4 cm³/mol. The van der Waals surface area contributed by atoms with Crippen molar-refractivity contribution in [3.8, 4) is 0 Å². The molecule has 1 aromatic rings. The monoisotopic (exact) mass is 332 g/mol. The summed E-state index contributed by atoms with van der Waals surface area (Å²) in [5.74, 6) is 0. The molecule has 118 valence electrons. The number of benzene rings is 1. The van der Waals surface area contributed by atoms with Gasteiger partial charge in [-0.2, -0.15) is 13.1 Å². The summed E-state index contributed by atoms with van der Waals surface area (Å²) >= 11 is 5.79. The zero-order valence-electron chi connectivity index (χ0n) is 12.1. The van der Waals surface area contributed by atoms with Crippen LogP contribution in [0.2, 0.25) is 5.02 Å². The van der Waals surface area contributed by atoms with Gasteiger partial charge < -0.3 is 4.74 Å². The van der Waals surface area contributed by atoms with Crippen LogP contribution in [0.25, 0.3) is 0 Å². The molecule has 2 rings (SSSR count). The highest BCUT2D eigenvalue weighted by molar-refractivity contribution is 7.87. The number of ether oxygens (including phenoxy) is 1.